The Morgan fingerprint density at radius 3 is 2.38 bits per heavy atom. The highest BCUT2D eigenvalue weighted by Gasteiger charge is 2.24. The second-order valence-corrected chi connectivity index (χ2v) is 6.69. The van der Waals surface area contributed by atoms with E-state index in [0.29, 0.717) is 16.9 Å². The number of aliphatic hydroxyl groups is 1. The lowest BCUT2D eigenvalue weighted by Gasteiger charge is -2.29. The molecular formula is C18H26FN5O5. The number of rotatable bonds is 9. The molecule has 10 nitrogen and oxygen atoms in total. The molecule has 2 rings (SSSR count). The molecule has 0 aliphatic heterocycles. The molecule has 2 aromatic heterocycles. The fraction of sp³-hybridized carbons (Fsp3) is 0.500. The highest BCUT2D eigenvalue weighted by Crippen LogP contribution is 2.25. The quantitative estimate of drug-likeness (QED) is 0.411. The minimum atomic E-state index is -1.08. The standard InChI is InChI=1S/C14H20FN5O.C4H6O4/c1-3-4-5-14(2,8-21)20-12-11-10(18-13(16)19-12)6-9(15)7-17-11;5-3(6)1-2-4(7)8/h6-7,21H,3-5,8H2,1-2H3,(H3,16,18,19,20);1-2H2,(H,5,6)(H,7,8). The monoisotopic (exact) mass is 411 g/mol. The van der Waals surface area contributed by atoms with Gasteiger partial charge in [-0.3, -0.25) is 9.59 Å². The molecule has 0 fully saturated rings. The summed E-state index contributed by atoms with van der Waals surface area (Å²) in [5, 5.41) is 28.6. The molecule has 0 radical (unpaired) electrons. The van der Waals surface area contributed by atoms with E-state index in [9.17, 15) is 19.1 Å². The van der Waals surface area contributed by atoms with Crippen molar-refractivity contribution in [3.8, 4) is 0 Å². The Balaban J connectivity index is 0.000000447. The zero-order chi connectivity index (χ0) is 22.0. The molecule has 160 valence electrons. The van der Waals surface area contributed by atoms with Crippen LogP contribution in [0.4, 0.5) is 16.2 Å². The Hall–Kier alpha value is -3.08. The number of nitrogen functional groups attached to an aromatic ring is 1. The fourth-order valence-electron chi connectivity index (χ4n) is 2.35. The summed E-state index contributed by atoms with van der Waals surface area (Å²) < 4.78 is 13.2. The van der Waals surface area contributed by atoms with Gasteiger partial charge < -0.3 is 26.4 Å². The maximum atomic E-state index is 13.2. The number of nitrogens with one attached hydrogen (secondary N) is 1. The van der Waals surface area contributed by atoms with Gasteiger partial charge in [-0.25, -0.2) is 14.4 Å². The van der Waals surface area contributed by atoms with Crippen molar-refractivity contribution < 1.29 is 29.3 Å². The van der Waals surface area contributed by atoms with Crippen LogP contribution in [0.3, 0.4) is 0 Å². The number of carboxylic acids is 2. The van der Waals surface area contributed by atoms with E-state index < -0.39 is 23.3 Å². The summed E-state index contributed by atoms with van der Waals surface area (Å²) in [6.45, 7) is 3.93. The number of aliphatic hydroxyl groups excluding tert-OH is 1. The van der Waals surface area contributed by atoms with Gasteiger partial charge in [-0.15, -0.1) is 0 Å². The third-order valence-electron chi connectivity index (χ3n) is 3.92. The van der Waals surface area contributed by atoms with Crippen LogP contribution >= 0.6 is 0 Å². The average molecular weight is 411 g/mol. The van der Waals surface area contributed by atoms with Gasteiger partial charge in [0.15, 0.2) is 5.82 Å². The van der Waals surface area contributed by atoms with Gasteiger partial charge in [0.05, 0.1) is 36.7 Å². The summed E-state index contributed by atoms with van der Waals surface area (Å²) in [6.07, 6.45) is 3.27. The molecule has 0 bridgehead atoms. The van der Waals surface area contributed by atoms with Crippen molar-refractivity contribution in [2.45, 2.75) is 51.5 Å². The molecule has 0 aliphatic carbocycles. The predicted molar refractivity (Wildman–Crippen MR) is 105 cm³/mol. The average Bonchev–Trinajstić information content (AvgIpc) is 2.64. The first-order valence-corrected chi connectivity index (χ1v) is 9.01. The van der Waals surface area contributed by atoms with E-state index in [4.69, 9.17) is 15.9 Å². The molecule has 6 N–H and O–H groups in total. The summed E-state index contributed by atoms with van der Waals surface area (Å²) in [5.41, 5.74) is 5.88. The van der Waals surface area contributed by atoms with Crippen LogP contribution in [0.5, 0.6) is 0 Å². The number of anilines is 2. The van der Waals surface area contributed by atoms with Crippen molar-refractivity contribution in [1.82, 2.24) is 15.0 Å². The summed E-state index contributed by atoms with van der Waals surface area (Å²) in [4.78, 5) is 31.4. The predicted octanol–water partition coefficient (Wildman–Crippen LogP) is 2.03. The van der Waals surface area contributed by atoms with Crippen LogP contribution in [0, 0.1) is 5.82 Å². The van der Waals surface area contributed by atoms with Crippen LogP contribution < -0.4 is 11.1 Å². The lowest BCUT2D eigenvalue weighted by Crippen LogP contribution is -2.39. The SMILES string of the molecule is CCCCC(C)(CO)Nc1nc(N)nc2cc(F)cnc12.O=C(O)CCC(=O)O. The molecule has 1 atom stereocenters. The van der Waals surface area contributed by atoms with Crippen molar-refractivity contribution in [2.75, 3.05) is 17.7 Å². The Kier molecular flexibility index (Phi) is 9.13. The van der Waals surface area contributed by atoms with Gasteiger partial charge in [0, 0.05) is 6.07 Å². The summed E-state index contributed by atoms with van der Waals surface area (Å²) in [7, 11) is 0. The van der Waals surface area contributed by atoms with E-state index in [1.807, 2.05) is 6.92 Å². The van der Waals surface area contributed by atoms with Gasteiger partial charge >= 0.3 is 11.9 Å². The Bertz CT molecular complexity index is 831. The first kappa shape index (κ1) is 24.0. The largest absolute Gasteiger partial charge is 0.481 e. The number of fused-ring (bicyclic) bond motifs is 1. The molecular weight excluding hydrogens is 385 g/mol. The minimum absolute atomic E-state index is 0.0354. The number of aliphatic carboxylic acids is 2. The normalized spacial score (nSPS) is 12.6. The molecule has 0 saturated heterocycles. The second kappa shape index (κ2) is 11.1. The molecule has 11 heteroatoms. The van der Waals surface area contributed by atoms with Crippen LogP contribution in [0.2, 0.25) is 0 Å². The van der Waals surface area contributed by atoms with E-state index in [2.05, 4.69) is 27.2 Å². The lowest BCUT2D eigenvalue weighted by molar-refractivity contribution is -0.143. The van der Waals surface area contributed by atoms with Crippen molar-refractivity contribution in [2.24, 2.45) is 0 Å². The number of carboxylic acid groups (broad SMARTS) is 2. The van der Waals surface area contributed by atoms with E-state index in [1.165, 1.54) is 6.07 Å². The number of aromatic nitrogens is 3. The summed E-state index contributed by atoms with van der Waals surface area (Å²) in [6, 6.07) is 1.26. The number of halogens is 1. The van der Waals surface area contributed by atoms with Crippen LogP contribution in [0.1, 0.15) is 46.0 Å². The van der Waals surface area contributed by atoms with Gasteiger partial charge in [-0.2, -0.15) is 4.98 Å². The molecule has 0 saturated carbocycles. The highest BCUT2D eigenvalue weighted by atomic mass is 19.1. The van der Waals surface area contributed by atoms with E-state index in [0.717, 1.165) is 25.5 Å². The van der Waals surface area contributed by atoms with Crippen LogP contribution in [0.15, 0.2) is 12.3 Å². The fourth-order valence-corrected chi connectivity index (χ4v) is 2.35. The highest BCUT2D eigenvalue weighted by molar-refractivity contribution is 5.86. The first-order valence-electron chi connectivity index (χ1n) is 9.01. The number of hydrogen-bond donors (Lipinski definition) is 5. The number of unbranched alkanes of at least 4 members (excludes halogenated alkanes) is 1. The van der Waals surface area contributed by atoms with Gasteiger partial charge in [0.2, 0.25) is 5.95 Å². The zero-order valence-corrected chi connectivity index (χ0v) is 16.4. The maximum Gasteiger partial charge on any atom is 0.303 e. The van der Waals surface area contributed by atoms with Gasteiger partial charge in [-0.05, 0) is 13.3 Å². The van der Waals surface area contributed by atoms with Crippen molar-refractivity contribution in [3.63, 3.8) is 0 Å². The number of nitrogens with two attached hydrogens (primary N) is 1. The second-order valence-electron chi connectivity index (χ2n) is 6.69. The molecule has 0 aliphatic rings. The van der Waals surface area contributed by atoms with Crippen LogP contribution in [0.25, 0.3) is 11.0 Å². The van der Waals surface area contributed by atoms with E-state index in [1.54, 1.807) is 0 Å². The van der Waals surface area contributed by atoms with Gasteiger partial charge in [-0.1, -0.05) is 19.8 Å². The van der Waals surface area contributed by atoms with Gasteiger partial charge in [0.25, 0.3) is 0 Å². The third-order valence-corrected chi connectivity index (χ3v) is 3.92. The maximum absolute atomic E-state index is 13.2. The zero-order valence-electron chi connectivity index (χ0n) is 16.4. The third kappa shape index (κ3) is 8.21. The van der Waals surface area contributed by atoms with Crippen LogP contribution in [-0.2, 0) is 9.59 Å². The van der Waals surface area contributed by atoms with E-state index >= 15 is 0 Å². The molecule has 0 spiro atoms. The summed E-state index contributed by atoms with van der Waals surface area (Å²) in [5.74, 6) is -2.19. The number of pyridine rings is 1. The number of hydrogen-bond acceptors (Lipinski definition) is 8. The minimum Gasteiger partial charge on any atom is -0.481 e. The Morgan fingerprint density at radius 2 is 1.86 bits per heavy atom. The molecule has 0 amide bonds. The lowest BCUT2D eigenvalue weighted by atomic mass is 9.96. The smallest absolute Gasteiger partial charge is 0.303 e. The first-order chi connectivity index (χ1) is 13.6. The molecule has 0 aromatic carbocycles. The van der Waals surface area contributed by atoms with Crippen LogP contribution in [-0.4, -0.2) is 54.4 Å². The molecule has 2 aromatic rings. The Labute approximate surface area is 167 Å². The number of carbonyl (C=O) groups is 2. The van der Waals surface area contributed by atoms with Crippen molar-refractivity contribution in [3.05, 3.63) is 18.1 Å². The topological polar surface area (TPSA) is 172 Å². The summed E-state index contributed by atoms with van der Waals surface area (Å²) >= 11 is 0. The molecule has 29 heavy (non-hydrogen) atoms. The van der Waals surface area contributed by atoms with Crippen molar-refractivity contribution >= 4 is 34.7 Å². The van der Waals surface area contributed by atoms with E-state index in [-0.39, 0.29) is 25.4 Å². The van der Waals surface area contributed by atoms with Crippen molar-refractivity contribution in [1.29, 1.82) is 0 Å². The van der Waals surface area contributed by atoms with Gasteiger partial charge in [0.1, 0.15) is 11.3 Å². The Morgan fingerprint density at radius 1 is 1.24 bits per heavy atom. The molecule has 1 unspecified atom stereocenters. The number of nitrogens with zero attached hydrogens (tertiary/aromatic N) is 3. The molecule has 2 heterocycles.